The Morgan fingerprint density at radius 3 is 2.19 bits per heavy atom. The summed E-state index contributed by atoms with van der Waals surface area (Å²) < 4.78 is 13.9. The molecule has 0 aliphatic carbocycles. The molecule has 0 unspecified atom stereocenters. The third-order valence-corrected chi connectivity index (χ3v) is 5.65. The number of carbonyl (C=O) groups is 3. The fourth-order valence-electron chi connectivity index (χ4n) is 3.67. The summed E-state index contributed by atoms with van der Waals surface area (Å²) in [6.45, 7) is 7.80. The number of hydrogen-bond donors (Lipinski definition) is 1. The zero-order valence-corrected chi connectivity index (χ0v) is 18.9. The Kier molecular flexibility index (Phi) is 7.28. The van der Waals surface area contributed by atoms with E-state index in [-0.39, 0.29) is 35.2 Å². The molecule has 2 aromatic rings. The molecule has 3 rings (SSSR count). The largest absolute Gasteiger partial charge is 0.343 e. The first-order valence-electron chi connectivity index (χ1n) is 10.9. The van der Waals surface area contributed by atoms with Crippen LogP contribution in [0.25, 0.3) is 0 Å². The van der Waals surface area contributed by atoms with Gasteiger partial charge in [0.2, 0.25) is 5.91 Å². The molecule has 2 aromatic carbocycles. The minimum absolute atomic E-state index is 0.000705. The molecule has 170 valence electrons. The Morgan fingerprint density at radius 2 is 1.53 bits per heavy atom. The lowest BCUT2D eigenvalue weighted by atomic mass is 9.87. The lowest BCUT2D eigenvalue weighted by molar-refractivity contribution is -0.129. The van der Waals surface area contributed by atoms with Gasteiger partial charge in [-0.2, -0.15) is 0 Å². The summed E-state index contributed by atoms with van der Waals surface area (Å²) in [6, 6.07) is 13.3. The van der Waals surface area contributed by atoms with Crippen LogP contribution in [0.1, 0.15) is 53.5 Å². The molecule has 0 bridgehead atoms. The highest BCUT2D eigenvalue weighted by Gasteiger charge is 2.24. The molecule has 6 nitrogen and oxygen atoms in total. The monoisotopic (exact) mass is 439 g/mol. The van der Waals surface area contributed by atoms with Gasteiger partial charge in [0.05, 0.1) is 12.1 Å². The van der Waals surface area contributed by atoms with Crippen LogP contribution in [0, 0.1) is 5.82 Å². The van der Waals surface area contributed by atoms with Crippen LogP contribution in [-0.2, 0) is 10.2 Å². The van der Waals surface area contributed by atoms with Crippen molar-refractivity contribution in [3.05, 3.63) is 71.0 Å². The van der Waals surface area contributed by atoms with E-state index in [0.29, 0.717) is 38.2 Å². The molecule has 0 atom stereocenters. The van der Waals surface area contributed by atoms with Gasteiger partial charge in [-0.1, -0.05) is 45.0 Å². The predicted molar refractivity (Wildman–Crippen MR) is 121 cm³/mol. The van der Waals surface area contributed by atoms with Gasteiger partial charge in [0.25, 0.3) is 11.8 Å². The maximum atomic E-state index is 13.9. The minimum Gasteiger partial charge on any atom is -0.343 e. The number of halogens is 1. The second kappa shape index (κ2) is 9.94. The summed E-state index contributed by atoms with van der Waals surface area (Å²) >= 11 is 0. The topological polar surface area (TPSA) is 69.7 Å². The van der Waals surface area contributed by atoms with Crippen LogP contribution in [0.4, 0.5) is 4.39 Å². The van der Waals surface area contributed by atoms with E-state index in [9.17, 15) is 18.8 Å². The van der Waals surface area contributed by atoms with Crippen LogP contribution in [0.15, 0.2) is 48.5 Å². The van der Waals surface area contributed by atoms with Crippen LogP contribution in [-0.4, -0.2) is 60.2 Å². The van der Waals surface area contributed by atoms with Crippen LogP contribution in [0.3, 0.4) is 0 Å². The molecule has 1 heterocycles. The molecule has 0 aromatic heterocycles. The van der Waals surface area contributed by atoms with Gasteiger partial charge in [0, 0.05) is 31.7 Å². The first-order chi connectivity index (χ1) is 15.2. The van der Waals surface area contributed by atoms with E-state index in [0.717, 1.165) is 5.56 Å². The SMILES string of the molecule is CC(C)(C)c1ccc(C(=O)NCC(=O)N2CCCN(C(=O)c3ccccc3F)CC2)cc1. The van der Waals surface area contributed by atoms with Gasteiger partial charge in [0.15, 0.2) is 0 Å². The molecule has 1 saturated heterocycles. The van der Waals surface area contributed by atoms with Gasteiger partial charge in [-0.05, 0) is 41.7 Å². The number of rotatable bonds is 4. The van der Waals surface area contributed by atoms with E-state index < -0.39 is 5.82 Å². The van der Waals surface area contributed by atoms with Crippen LogP contribution >= 0.6 is 0 Å². The zero-order valence-electron chi connectivity index (χ0n) is 18.9. The number of benzene rings is 2. The van der Waals surface area contributed by atoms with Gasteiger partial charge in [-0.15, -0.1) is 0 Å². The van der Waals surface area contributed by atoms with Crippen molar-refractivity contribution < 1.29 is 18.8 Å². The number of nitrogens with one attached hydrogen (secondary N) is 1. The lowest BCUT2D eigenvalue weighted by Gasteiger charge is -2.22. The minimum atomic E-state index is -0.548. The van der Waals surface area contributed by atoms with E-state index >= 15 is 0 Å². The zero-order chi connectivity index (χ0) is 23.3. The maximum absolute atomic E-state index is 13.9. The van der Waals surface area contributed by atoms with Crippen molar-refractivity contribution in [3.8, 4) is 0 Å². The van der Waals surface area contributed by atoms with E-state index in [1.807, 2.05) is 12.1 Å². The number of nitrogens with zero attached hydrogens (tertiary/aromatic N) is 2. The lowest BCUT2D eigenvalue weighted by Crippen LogP contribution is -2.42. The molecule has 32 heavy (non-hydrogen) atoms. The second-order valence-corrected chi connectivity index (χ2v) is 9.02. The molecule has 7 heteroatoms. The van der Waals surface area contributed by atoms with Gasteiger partial charge < -0.3 is 15.1 Å². The van der Waals surface area contributed by atoms with Crippen molar-refractivity contribution in [1.82, 2.24) is 15.1 Å². The predicted octanol–water partition coefficient (Wildman–Crippen LogP) is 3.23. The number of amides is 3. The highest BCUT2D eigenvalue weighted by molar-refractivity contribution is 5.96. The molecular weight excluding hydrogens is 409 g/mol. The smallest absolute Gasteiger partial charge is 0.256 e. The molecule has 0 saturated carbocycles. The summed E-state index contributed by atoms with van der Waals surface area (Å²) in [5.41, 5.74) is 1.67. The average molecular weight is 440 g/mol. The van der Waals surface area contributed by atoms with Crippen molar-refractivity contribution in [3.63, 3.8) is 0 Å². The van der Waals surface area contributed by atoms with Crippen LogP contribution in [0.5, 0.6) is 0 Å². The van der Waals surface area contributed by atoms with Crippen molar-refractivity contribution in [2.75, 3.05) is 32.7 Å². The maximum Gasteiger partial charge on any atom is 0.256 e. The summed E-state index contributed by atoms with van der Waals surface area (Å²) in [7, 11) is 0. The Bertz CT molecular complexity index is 983. The number of hydrogen-bond acceptors (Lipinski definition) is 3. The third-order valence-electron chi connectivity index (χ3n) is 5.65. The Hall–Kier alpha value is -3.22. The molecule has 1 fully saturated rings. The third kappa shape index (κ3) is 5.72. The molecular formula is C25H30FN3O3. The fraction of sp³-hybridized carbons (Fsp3) is 0.400. The van der Waals surface area contributed by atoms with E-state index in [2.05, 4.69) is 26.1 Å². The quantitative estimate of drug-likeness (QED) is 0.795. The highest BCUT2D eigenvalue weighted by atomic mass is 19.1. The molecule has 0 radical (unpaired) electrons. The van der Waals surface area contributed by atoms with Crippen LogP contribution < -0.4 is 5.32 Å². The van der Waals surface area contributed by atoms with Crippen molar-refractivity contribution in [1.29, 1.82) is 0 Å². The van der Waals surface area contributed by atoms with Gasteiger partial charge in [0.1, 0.15) is 5.82 Å². The average Bonchev–Trinajstić information content (AvgIpc) is 3.03. The van der Waals surface area contributed by atoms with Gasteiger partial charge >= 0.3 is 0 Å². The Labute approximate surface area is 188 Å². The fourth-order valence-corrected chi connectivity index (χ4v) is 3.67. The summed E-state index contributed by atoms with van der Waals surface area (Å²) in [5.74, 6) is -1.42. The summed E-state index contributed by atoms with van der Waals surface area (Å²) in [6.07, 6.45) is 0.591. The molecule has 1 N–H and O–H groups in total. The van der Waals surface area contributed by atoms with E-state index in [1.165, 1.54) is 12.1 Å². The molecule has 3 amide bonds. The first kappa shape index (κ1) is 23.4. The normalized spacial score (nSPS) is 14.6. The van der Waals surface area contributed by atoms with Gasteiger partial charge in [-0.3, -0.25) is 14.4 Å². The van der Waals surface area contributed by atoms with Gasteiger partial charge in [-0.25, -0.2) is 4.39 Å². The Balaban J connectivity index is 1.52. The van der Waals surface area contributed by atoms with Crippen LogP contribution in [0.2, 0.25) is 0 Å². The number of carbonyl (C=O) groups excluding carboxylic acids is 3. The first-order valence-corrected chi connectivity index (χ1v) is 10.9. The highest BCUT2D eigenvalue weighted by Crippen LogP contribution is 2.22. The standard InChI is InChI=1S/C25H30FN3O3/c1-25(2,3)19-11-9-18(10-12-19)23(31)27-17-22(30)28-13-6-14-29(16-15-28)24(32)20-7-4-5-8-21(20)26/h4-5,7-12H,6,13-17H2,1-3H3,(H,27,31). The van der Waals surface area contributed by atoms with E-state index in [4.69, 9.17) is 0 Å². The van der Waals surface area contributed by atoms with Crippen molar-refractivity contribution in [2.24, 2.45) is 0 Å². The van der Waals surface area contributed by atoms with E-state index in [1.54, 1.807) is 34.1 Å². The van der Waals surface area contributed by atoms with Crippen molar-refractivity contribution in [2.45, 2.75) is 32.6 Å². The molecule has 0 spiro atoms. The summed E-state index contributed by atoms with van der Waals surface area (Å²) in [4.78, 5) is 40.9. The van der Waals surface area contributed by atoms with Crippen molar-refractivity contribution >= 4 is 17.7 Å². The molecule has 1 aliphatic rings. The second-order valence-electron chi connectivity index (χ2n) is 9.02. The Morgan fingerprint density at radius 1 is 0.906 bits per heavy atom. The molecule has 1 aliphatic heterocycles. The summed E-state index contributed by atoms with van der Waals surface area (Å²) in [5, 5.41) is 2.68.